The van der Waals surface area contributed by atoms with Crippen molar-refractivity contribution < 1.29 is 9.53 Å². The molecule has 1 saturated heterocycles. The molecule has 2 aromatic carbocycles. The van der Waals surface area contributed by atoms with Crippen molar-refractivity contribution in [3.8, 4) is 0 Å². The van der Waals surface area contributed by atoms with E-state index >= 15 is 0 Å². The van der Waals surface area contributed by atoms with Crippen LogP contribution in [0.3, 0.4) is 0 Å². The molecule has 0 spiro atoms. The zero-order chi connectivity index (χ0) is 18.1. The van der Waals surface area contributed by atoms with Crippen LogP contribution in [0.15, 0.2) is 54.6 Å². The van der Waals surface area contributed by atoms with Crippen LogP contribution >= 0.6 is 0 Å². The summed E-state index contributed by atoms with van der Waals surface area (Å²) in [5.41, 5.74) is 4.64. The van der Waals surface area contributed by atoms with Crippen molar-refractivity contribution in [2.24, 2.45) is 0 Å². The molecule has 132 valence electrons. The average molecular weight is 346 g/mol. The molecule has 0 aliphatic carbocycles. The quantitative estimate of drug-likeness (QED) is 0.702. The molecule has 3 aromatic rings. The lowest BCUT2D eigenvalue weighted by Crippen LogP contribution is -2.42. The molecule has 0 saturated carbocycles. The standard InChI is InChI=1S/C22H22N2O2/c1-15-8-9-20-18(12-15)13-19(16(2)23-20)22(25)24-10-11-26-21(14-24)17-6-4-3-5-7-17/h3-9,12-13,21H,10-11,14H2,1-2H3. The smallest absolute Gasteiger partial charge is 0.255 e. The van der Waals surface area contributed by atoms with Crippen LogP contribution in [0.25, 0.3) is 10.9 Å². The number of hydrogen-bond acceptors (Lipinski definition) is 3. The minimum absolute atomic E-state index is 0.0302. The molecule has 26 heavy (non-hydrogen) atoms. The van der Waals surface area contributed by atoms with Crippen molar-refractivity contribution in [3.63, 3.8) is 0 Å². The van der Waals surface area contributed by atoms with Gasteiger partial charge >= 0.3 is 0 Å². The normalized spacial score (nSPS) is 17.5. The first-order valence-electron chi connectivity index (χ1n) is 8.95. The molecule has 1 unspecified atom stereocenters. The molecule has 1 atom stereocenters. The fraction of sp³-hybridized carbons (Fsp3) is 0.273. The molecule has 4 rings (SSSR count). The van der Waals surface area contributed by atoms with Crippen LogP contribution < -0.4 is 0 Å². The second kappa shape index (κ2) is 6.89. The number of pyridine rings is 1. The highest BCUT2D eigenvalue weighted by atomic mass is 16.5. The predicted molar refractivity (Wildman–Crippen MR) is 102 cm³/mol. The number of aryl methyl sites for hydroxylation is 2. The summed E-state index contributed by atoms with van der Waals surface area (Å²) in [5.74, 6) is 0.0302. The largest absolute Gasteiger partial charge is 0.370 e. The minimum atomic E-state index is -0.0788. The van der Waals surface area contributed by atoms with Crippen molar-refractivity contribution in [2.75, 3.05) is 19.7 Å². The number of benzene rings is 2. The number of morpholine rings is 1. The minimum Gasteiger partial charge on any atom is -0.370 e. The van der Waals surface area contributed by atoms with Gasteiger partial charge < -0.3 is 9.64 Å². The lowest BCUT2D eigenvalue weighted by molar-refractivity contribution is -0.0228. The zero-order valence-electron chi connectivity index (χ0n) is 15.1. The van der Waals surface area contributed by atoms with E-state index in [4.69, 9.17) is 4.74 Å². The molecular weight excluding hydrogens is 324 g/mol. The topological polar surface area (TPSA) is 42.4 Å². The molecule has 2 heterocycles. The van der Waals surface area contributed by atoms with E-state index in [1.807, 2.05) is 67.3 Å². The van der Waals surface area contributed by atoms with Gasteiger partial charge in [0.15, 0.2) is 0 Å². The van der Waals surface area contributed by atoms with Crippen LogP contribution in [-0.2, 0) is 4.74 Å². The fourth-order valence-corrected chi connectivity index (χ4v) is 3.48. The zero-order valence-corrected chi connectivity index (χ0v) is 15.1. The van der Waals surface area contributed by atoms with Gasteiger partial charge in [0, 0.05) is 11.9 Å². The summed E-state index contributed by atoms with van der Waals surface area (Å²) < 4.78 is 5.89. The molecule has 1 fully saturated rings. The molecule has 1 aliphatic heterocycles. The first kappa shape index (κ1) is 16.7. The van der Waals surface area contributed by atoms with Crippen molar-refractivity contribution in [3.05, 3.63) is 77.0 Å². The number of carbonyl (C=O) groups excluding carboxylic acids is 1. The Morgan fingerprint density at radius 3 is 2.73 bits per heavy atom. The number of rotatable bonds is 2. The van der Waals surface area contributed by atoms with Crippen molar-refractivity contribution in [2.45, 2.75) is 20.0 Å². The molecule has 4 heteroatoms. The Bertz CT molecular complexity index is 953. The number of aromatic nitrogens is 1. The van der Waals surface area contributed by atoms with Gasteiger partial charge in [-0.3, -0.25) is 9.78 Å². The molecule has 0 bridgehead atoms. The average Bonchev–Trinajstić information content (AvgIpc) is 2.68. The Kier molecular flexibility index (Phi) is 4.43. The van der Waals surface area contributed by atoms with Crippen LogP contribution in [0.4, 0.5) is 0 Å². The Balaban J connectivity index is 1.62. The van der Waals surface area contributed by atoms with Crippen LogP contribution in [-0.4, -0.2) is 35.5 Å². The second-order valence-corrected chi connectivity index (χ2v) is 6.84. The van der Waals surface area contributed by atoms with Gasteiger partial charge in [-0.05, 0) is 37.6 Å². The van der Waals surface area contributed by atoms with Gasteiger partial charge in [0.1, 0.15) is 6.10 Å². The predicted octanol–water partition coefficient (Wildman–Crippen LogP) is 4.07. The van der Waals surface area contributed by atoms with Crippen molar-refractivity contribution >= 4 is 16.8 Å². The number of nitrogens with zero attached hydrogens (tertiary/aromatic N) is 2. The van der Waals surface area contributed by atoms with Gasteiger partial charge in [-0.15, -0.1) is 0 Å². The summed E-state index contributed by atoms with van der Waals surface area (Å²) in [6, 6.07) is 18.2. The van der Waals surface area contributed by atoms with Gasteiger partial charge in [-0.1, -0.05) is 42.0 Å². The van der Waals surface area contributed by atoms with Gasteiger partial charge in [0.25, 0.3) is 5.91 Å². The molecule has 1 aromatic heterocycles. The molecule has 1 amide bonds. The lowest BCUT2D eigenvalue weighted by atomic mass is 10.0. The Hall–Kier alpha value is -2.72. The van der Waals surface area contributed by atoms with Gasteiger partial charge in [0.05, 0.1) is 29.9 Å². The number of ether oxygens (including phenoxy) is 1. The third-order valence-electron chi connectivity index (χ3n) is 4.92. The Morgan fingerprint density at radius 1 is 1.12 bits per heavy atom. The number of amides is 1. The highest BCUT2D eigenvalue weighted by Gasteiger charge is 2.27. The third-order valence-corrected chi connectivity index (χ3v) is 4.92. The molecule has 0 radical (unpaired) electrons. The van der Waals surface area contributed by atoms with Gasteiger partial charge in [-0.2, -0.15) is 0 Å². The molecule has 4 nitrogen and oxygen atoms in total. The number of hydrogen-bond donors (Lipinski definition) is 0. The fourth-order valence-electron chi connectivity index (χ4n) is 3.48. The van der Waals surface area contributed by atoms with E-state index in [0.29, 0.717) is 25.3 Å². The Labute approximate surface area is 153 Å². The van der Waals surface area contributed by atoms with Crippen LogP contribution in [0.5, 0.6) is 0 Å². The van der Waals surface area contributed by atoms with E-state index < -0.39 is 0 Å². The van der Waals surface area contributed by atoms with E-state index in [0.717, 1.165) is 27.7 Å². The highest BCUT2D eigenvalue weighted by molar-refractivity contribution is 5.98. The maximum absolute atomic E-state index is 13.2. The van der Waals surface area contributed by atoms with E-state index in [-0.39, 0.29) is 12.0 Å². The summed E-state index contributed by atoms with van der Waals surface area (Å²) in [5, 5.41) is 1.01. The molecule has 1 aliphatic rings. The first-order chi connectivity index (χ1) is 12.6. The van der Waals surface area contributed by atoms with Gasteiger partial charge in [-0.25, -0.2) is 0 Å². The van der Waals surface area contributed by atoms with E-state index in [1.54, 1.807) is 0 Å². The maximum Gasteiger partial charge on any atom is 0.255 e. The van der Waals surface area contributed by atoms with Crippen LogP contribution in [0.1, 0.15) is 33.3 Å². The van der Waals surface area contributed by atoms with E-state index in [1.165, 1.54) is 0 Å². The van der Waals surface area contributed by atoms with Crippen molar-refractivity contribution in [1.29, 1.82) is 0 Å². The van der Waals surface area contributed by atoms with Crippen LogP contribution in [0, 0.1) is 13.8 Å². The summed E-state index contributed by atoms with van der Waals surface area (Å²) in [4.78, 5) is 19.7. The molecular formula is C22H22N2O2. The number of fused-ring (bicyclic) bond motifs is 1. The van der Waals surface area contributed by atoms with E-state index in [2.05, 4.69) is 11.1 Å². The maximum atomic E-state index is 13.2. The van der Waals surface area contributed by atoms with Crippen LogP contribution in [0.2, 0.25) is 0 Å². The first-order valence-corrected chi connectivity index (χ1v) is 8.95. The summed E-state index contributed by atoms with van der Waals surface area (Å²) in [7, 11) is 0. The van der Waals surface area contributed by atoms with Gasteiger partial charge in [0.2, 0.25) is 0 Å². The number of carbonyl (C=O) groups is 1. The summed E-state index contributed by atoms with van der Waals surface area (Å²) >= 11 is 0. The monoisotopic (exact) mass is 346 g/mol. The summed E-state index contributed by atoms with van der Waals surface area (Å²) in [6.45, 7) is 5.67. The highest BCUT2D eigenvalue weighted by Crippen LogP contribution is 2.25. The third kappa shape index (κ3) is 3.20. The SMILES string of the molecule is Cc1ccc2nc(C)c(C(=O)N3CCOC(c4ccccc4)C3)cc2c1. The summed E-state index contributed by atoms with van der Waals surface area (Å²) in [6.07, 6.45) is -0.0788. The lowest BCUT2D eigenvalue weighted by Gasteiger charge is -2.33. The van der Waals surface area contributed by atoms with E-state index in [9.17, 15) is 4.79 Å². The van der Waals surface area contributed by atoms with Crippen molar-refractivity contribution in [1.82, 2.24) is 9.88 Å². The Morgan fingerprint density at radius 2 is 1.92 bits per heavy atom. The second-order valence-electron chi connectivity index (χ2n) is 6.84. The molecule has 0 N–H and O–H groups in total.